The van der Waals surface area contributed by atoms with Gasteiger partial charge in [0.2, 0.25) is 0 Å². The predicted molar refractivity (Wildman–Crippen MR) is 77.2 cm³/mol. The van der Waals surface area contributed by atoms with Crippen molar-refractivity contribution in [2.45, 2.75) is 51.2 Å². The molecule has 1 atom stereocenters. The Hall–Kier alpha value is -1.35. The van der Waals surface area contributed by atoms with Gasteiger partial charge in [0.25, 0.3) is 0 Å². The molecule has 1 fully saturated rings. The van der Waals surface area contributed by atoms with Gasteiger partial charge in [-0.05, 0) is 63.3 Å². The molecular formula is C16H22N2O. The summed E-state index contributed by atoms with van der Waals surface area (Å²) in [7, 11) is 0. The predicted octanol–water partition coefficient (Wildman–Crippen LogP) is 3.17. The molecule has 2 heterocycles. The van der Waals surface area contributed by atoms with E-state index in [1.54, 1.807) is 6.20 Å². The maximum atomic E-state index is 5.73. The zero-order valence-corrected chi connectivity index (χ0v) is 11.8. The molecule has 0 aromatic carbocycles. The molecule has 1 aromatic heterocycles. The van der Waals surface area contributed by atoms with Gasteiger partial charge in [-0.25, -0.2) is 0 Å². The minimum absolute atomic E-state index is 0.192. The van der Waals surface area contributed by atoms with Crippen molar-refractivity contribution in [1.82, 2.24) is 10.3 Å². The topological polar surface area (TPSA) is 34.1 Å². The van der Waals surface area contributed by atoms with E-state index >= 15 is 0 Å². The van der Waals surface area contributed by atoms with Crippen LogP contribution in [0.2, 0.25) is 0 Å². The van der Waals surface area contributed by atoms with E-state index in [1.165, 1.54) is 24.0 Å². The fourth-order valence-corrected chi connectivity index (χ4v) is 3.17. The highest BCUT2D eigenvalue weighted by atomic mass is 16.5. The summed E-state index contributed by atoms with van der Waals surface area (Å²) in [5.74, 6) is 0.869. The Labute approximate surface area is 115 Å². The Balaban J connectivity index is 1.76. The van der Waals surface area contributed by atoms with E-state index in [9.17, 15) is 0 Å². The average Bonchev–Trinajstić information content (AvgIpc) is 3.00. The van der Waals surface area contributed by atoms with Crippen LogP contribution in [0.5, 0.6) is 5.75 Å². The highest BCUT2D eigenvalue weighted by Gasteiger charge is 2.37. The molecule has 19 heavy (non-hydrogen) atoms. The van der Waals surface area contributed by atoms with Crippen LogP contribution in [0, 0.1) is 0 Å². The quantitative estimate of drug-likeness (QED) is 0.904. The molecule has 1 aliphatic heterocycles. The van der Waals surface area contributed by atoms with E-state index in [-0.39, 0.29) is 6.10 Å². The number of pyridine rings is 1. The molecule has 1 saturated heterocycles. The Bertz CT molecular complexity index is 487. The number of nitrogens with zero attached hydrogens (tertiary/aromatic N) is 1. The van der Waals surface area contributed by atoms with Gasteiger partial charge in [-0.15, -0.1) is 0 Å². The Kier molecular flexibility index (Phi) is 3.31. The summed E-state index contributed by atoms with van der Waals surface area (Å²) < 4.78 is 5.73. The lowest BCUT2D eigenvalue weighted by Gasteiger charge is -2.23. The van der Waals surface area contributed by atoms with E-state index in [1.807, 2.05) is 20.0 Å². The first-order chi connectivity index (χ1) is 9.17. The number of hydrogen-bond acceptors (Lipinski definition) is 3. The van der Waals surface area contributed by atoms with Gasteiger partial charge in [0, 0.05) is 11.7 Å². The molecule has 0 saturated carbocycles. The molecule has 0 radical (unpaired) electrons. The van der Waals surface area contributed by atoms with Crippen molar-refractivity contribution in [3.63, 3.8) is 0 Å². The standard InChI is InChI=1S/C16H22N2O/c1-12(2)19-15-8-14(10-17-11-15)13-4-6-16(9-13)5-3-7-18-16/h4,8,10-12,18H,3,5-7,9H2,1-2H3. The van der Waals surface area contributed by atoms with Gasteiger partial charge in [-0.3, -0.25) is 4.98 Å². The van der Waals surface area contributed by atoms with Crippen molar-refractivity contribution in [3.8, 4) is 5.75 Å². The largest absolute Gasteiger partial charge is 0.489 e. The van der Waals surface area contributed by atoms with E-state index in [0.717, 1.165) is 25.1 Å². The molecule has 0 bridgehead atoms. The maximum Gasteiger partial charge on any atom is 0.138 e. The smallest absolute Gasteiger partial charge is 0.138 e. The molecule has 0 amide bonds. The third-order valence-corrected chi connectivity index (χ3v) is 4.06. The second kappa shape index (κ2) is 4.97. The van der Waals surface area contributed by atoms with Gasteiger partial charge >= 0.3 is 0 Å². The lowest BCUT2D eigenvalue weighted by Crippen LogP contribution is -2.36. The minimum Gasteiger partial charge on any atom is -0.489 e. The first kappa shape index (κ1) is 12.7. The molecule has 1 aromatic rings. The van der Waals surface area contributed by atoms with Gasteiger partial charge in [-0.1, -0.05) is 6.08 Å². The third-order valence-electron chi connectivity index (χ3n) is 4.06. The molecule has 2 aliphatic rings. The summed E-state index contributed by atoms with van der Waals surface area (Å²) in [5.41, 5.74) is 2.96. The third kappa shape index (κ3) is 2.66. The van der Waals surface area contributed by atoms with Crippen LogP contribution in [0.1, 0.15) is 45.1 Å². The maximum absolute atomic E-state index is 5.73. The lowest BCUT2D eigenvalue weighted by atomic mass is 9.92. The highest BCUT2D eigenvalue weighted by molar-refractivity contribution is 5.69. The normalized spacial score (nSPS) is 26.2. The van der Waals surface area contributed by atoms with Crippen LogP contribution in [-0.4, -0.2) is 23.2 Å². The SMILES string of the molecule is CC(C)Oc1cncc(C2=CCC3(CCCN3)C2)c1. The fourth-order valence-electron chi connectivity index (χ4n) is 3.17. The second-order valence-electron chi connectivity index (χ2n) is 6.00. The van der Waals surface area contributed by atoms with Crippen LogP contribution in [0.25, 0.3) is 5.57 Å². The number of ether oxygens (including phenoxy) is 1. The van der Waals surface area contributed by atoms with Gasteiger partial charge in [0.05, 0.1) is 12.3 Å². The van der Waals surface area contributed by atoms with Crippen LogP contribution in [0.3, 0.4) is 0 Å². The monoisotopic (exact) mass is 258 g/mol. The number of nitrogens with one attached hydrogen (secondary N) is 1. The Morgan fingerprint density at radius 1 is 1.37 bits per heavy atom. The Morgan fingerprint density at radius 2 is 2.26 bits per heavy atom. The van der Waals surface area contributed by atoms with Crippen molar-refractivity contribution in [2.24, 2.45) is 0 Å². The van der Waals surface area contributed by atoms with Crippen LogP contribution >= 0.6 is 0 Å². The molecule has 1 aliphatic carbocycles. The minimum atomic E-state index is 0.192. The summed E-state index contributed by atoms with van der Waals surface area (Å²) in [4.78, 5) is 4.31. The Morgan fingerprint density at radius 3 is 3.00 bits per heavy atom. The van der Waals surface area contributed by atoms with Crippen LogP contribution in [0.4, 0.5) is 0 Å². The van der Waals surface area contributed by atoms with Crippen molar-refractivity contribution < 1.29 is 4.74 Å². The van der Waals surface area contributed by atoms with Crippen molar-refractivity contribution in [3.05, 3.63) is 30.1 Å². The van der Waals surface area contributed by atoms with Crippen molar-refractivity contribution in [1.29, 1.82) is 0 Å². The summed E-state index contributed by atoms with van der Waals surface area (Å²) in [6.45, 7) is 5.24. The number of aromatic nitrogens is 1. The lowest BCUT2D eigenvalue weighted by molar-refractivity contribution is 0.241. The van der Waals surface area contributed by atoms with Gasteiger partial charge < -0.3 is 10.1 Å². The molecule has 1 N–H and O–H groups in total. The highest BCUT2D eigenvalue weighted by Crippen LogP contribution is 2.40. The van der Waals surface area contributed by atoms with Crippen molar-refractivity contribution in [2.75, 3.05) is 6.54 Å². The fraction of sp³-hybridized carbons (Fsp3) is 0.562. The second-order valence-corrected chi connectivity index (χ2v) is 6.00. The van der Waals surface area contributed by atoms with E-state index in [2.05, 4.69) is 22.4 Å². The number of rotatable bonds is 3. The summed E-state index contributed by atoms with van der Waals surface area (Å²) >= 11 is 0. The summed E-state index contributed by atoms with van der Waals surface area (Å²) in [5, 5.41) is 3.67. The van der Waals surface area contributed by atoms with E-state index < -0.39 is 0 Å². The molecule has 3 nitrogen and oxygen atoms in total. The molecule has 3 rings (SSSR count). The zero-order chi connectivity index (χ0) is 13.3. The first-order valence-corrected chi connectivity index (χ1v) is 7.23. The zero-order valence-electron chi connectivity index (χ0n) is 11.8. The summed E-state index contributed by atoms with van der Waals surface area (Å²) in [6.07, 6.45) is 11.2. The first-order valence-electron chi connectivity index (χ1n) is 7.23. The van der Waals surface area contributed by atoms with Crippen LogP contribution in [-0.2, 0) is 0 Å². The van der Waals surface area contributed by atoms with Gasteiger partial charge in [0.1, 0.15) is 5.75 Å². The van der Waals surface area contributed by atoms with Gasteiger partial charge in [0.15, 0.2) is 0 Å². The van der Waals surface area contributed by atoms with Crippen molar-refractivity contribution >= 4 is 5.57 Å². The van der Waals surface area contributed by atoms with E-state index in [0.29, 0.717) is 5.54 Å². The van der Waals surface area contributed by atoms with E-state index in [4.69, 9.17) is 4.74 Å². The number of hydrogen-bond donors (Lipinski definition) is 1. The van der Waals surface area contributed by atoms with Crippen LogP contribution in [0.15, 0.2) is 24.5 Å². The van der Waals surface area contributed by atoms with Crippen LogP contribution < -0.4 is 10.1 Å². The molecular weight excluding hydrogens is 236 g/mol. The average molecular weight is 258 g/mol. The molecule has 3 heteroatoms. The summed E-state index contributed by atoms with van der Waals surface area (Å²) in [6, 6.07) is 2.12. The molecule has 1 unspecified atom stereocenters. The van der Waals surface area contributed by atoms with Gasteiger partial charge in [-0.2, -0.15) is 0 Å². The molecule has 1 spiro atoms. The molecule has 102 valence electrons.